The summed E-state index contributed by atoms with van der Waals surface area (Å²) in [5.41, 5.74) is 1.83. The summed E-state index contributed by atoms with van der Waals surface area (Å²) in [4.78, 5) is 26.1. The first-order valence-corrected chi connectivity index (χ1v) is 11.6. The van der Waals surface area contributed by atoms with Gasteiger partial charge in [-0.3, -0.25) is 9.59 Å². The van der Waals surface area contributed by atoms with Crippen LogP contribution in [0.1, 0.15) is 23.5 Å². The van der Waals surface area contributed by atoms with Crippen LogP contribution < -0.4 is 10.2 Å². The number of rotatable bonds is 6. The number of benzene rings is 4. The number of aromatic hydroxyl groups is 2. The van der Waals surface area contributed by atoms with Gasteiger partial charge in [-0.2, -0.15) is 0 Å². The van der Waals surface area contributed by atoms with Gasteiger partial charge in [0.05, 0.1) is 31.6 Å². The highest BCUT2D eigenvalue weighted by atomic mass is 16.5. The molecule has 0 spiro atoms. The van der Waals surface area contributed by atoms with E-state index in [1.165, 1.54) is 37.6 Å². The minimum Gasteiger partial charge on any atom is -0.508 e. The lowest BCUT2D eigenvalue weighted by Crippen LogP contribution is -2.13. The third-order valence-corrected chi connectivity index (χ3v) is 6.60. The van der Waals surface area contributed by atoms with Crippen LogP contribution in [0, 0.1) is 0 Å². The van der Waals surface area contributed by atoms with Crippen molar-refractivity contribution in [1.29, 1.82) is 0 Å². The molecule has 1 aromatic heterocycles. The van der Waals surface area contributed by atoms with E-state index in [9.17, 15) is 19.8 Å². The van der Waals surface area contributed by atoms with Crippen LogP contribution in [0.25, 0.3) is 32.9 Å². The van der Waals surface area contributed by atoms with Gasteiger partial charge in [0.25, 0.3) is 0 Å². The van der Waals surface area contributed by atoms with Crippen molar-refractivity contribution in [3.8, 4) is 28.4 Å². The van der Waals surface area contributed by atoms with Gasteiger partial charge in [-0.25, -0.2) is 0 Å². The van der Waals surface area contributed by atoms with E-state index in [2.05, 4.69) is 0 Å². The molecular formula is C30H24O7. The molecule has 7 nitrogen and oxygen atoms in total. The van der Waals surface area contributed by atoms with Gasteiger partial charge in [0.15, 0.2) is 0 Å². The van der Waals surface area contributed by atoms with E-state index in [1.54, 1.807) is 19.2 Å². The smallest absolute Gasteiger partial charge is 0.306 e. The number of carbonyl (C=O) groups is 1. The summed E-state index contributed by atoms with van der Waals surface area (Å²) >= 11 is 0. The number of carbonyl (C=O) groups excluding carboxylic acids is 1. The Morgan fingerprint density at radius 1 is 0.892 bits per heavy atom. The van der Waals surface area contributed by atoms with Crippen molar-refractivity contribution < 1.29 is 28.9 Å². The lowest BCUT2D eigenvalue weighted by atomic mass is 9.84. The average Bonchev–Trinajstić information content (AvgIpc) is 2.92. The van der Waals surface area contributed by atoms with Crippen molar-refractivity contribution in [3.63, 3.8) is 0 Å². The number of fused-ring (bicyclic) bond motifs is 2. The minimum absolute atomic E-state index is 0.0819. The van der Waals surface area contributed by atoms with Crippen LogP contribution in [0.5, 0.6) is 17.2 Å². The third-order valence-electron chi connectivity index (χ3n) is 6.60. The molecule has 0 saturated carbocycles. The highest BCUT2D eigenvalue weighted by Crippen LogP contribution is 2.43. The predicted octanol–water partition coefficient (Wildman–Crippen LogP) is 5.73. The van der Waals surface area contributed by atoms with E-state index in [1.807, 2.05) is 36.4 Å². The fourth-order valence-electron chi connectivity index (χ4n) is 4.78. The molecule has 7 heteroatoms. The lowest BCUT2D eigenvalue weighted by molar-refractivity contribution is -0.140. The topological polar surface area (TPSA) is 106 Å². The molecule has 1 heterocycles. The highest BCUT2D eigenvalue weighted by Gasteiger charge is 2.28. The Morgan fingerprint density at radius 3 is 2.32 bits per heavy atom. The second kappa shape index (κ2) is 9.70. The van der Waals surface area contributed by atoms with E-state index in [4.69, 9.17) is 13.9 Å². The first-order valence-electron chi connectivity index (χ1n) is 11.6. The molecule has 5 aromatic rings. The Balaban J connectivity index is 1.77. The van der Waals surface area contributed by atoms with Crippen LogP contribution in [0.2, 0.25) is 0 Å². The molecule has 0 bridgehead atoms. The van der Waals surface area contributed by atoms with Crippen molar-refractivity contribution in [2.45, 2.75) is 12.3 Å². The second-order valence-electron chi connectivity index (χ2n) is 8.64. The molecule has 5 rings (SSSR count). The molecule has 0 fully saturated rings. The van der Waals surface area contributed by atoms with E-state index in [0.29, 0.717) is 22.4 Å². The average molecular weight is 497 g/mol. The zero-order valence-corrected chi connectivity index (χ0v) is 20.2. The summed E-state index contributed by atoms with van der Waals surface area (Å²) in [5.74, 6) is -0.525. The van der Waals surface area contributed by atoms with Crippen LogP contribution in [-0.2, 0) is 9.53 Å². The molecule has 0 unspecified atom stereocenters. The SMILES string of the molecule is COC(=O)C[C@H](c1ccc(OC)c2ccccc12)c1c(O)ccc2c(=O)c(-c3ccc(O)cc3)coc12. The number of methoxy groups -OCH3 is 2. The molecule has 37 heavy (non-hydrogen) atoms. The molecule has 0 amide bonds. The van der Waals surface area contributed by atoms with E-state index in [0.717, 1.165) is 16.3 Å². The lowest BCUT2D eigenvalue weighted by Gasteiger charge is -2.22. The fourth-order valence-corrected chi connectivity index (χ4v) is 4.78. The number of ether oxygens (including phenoxy) is 2. The molecule has 186 valence electrons. The maximum atomic E-state index is 13.5. The van der Waals surface area contributed by atoms with Crippen LogP contribution in [0.4, 0.5) is 0 Å². The Kier molecular flexibility index (Phi) is 6.27. The summed E-state index contributed by atoms with van der Waals surface area (Å²) in [6.07, 6.45) is 1.24. The predicted molar refractivity (Wildman–Crippen MR) is 140 cm³/mol. The molecule has 1 atom stereocenters. The number of phenols is 2. The van der Waals surface area contributed by atoms with Crippen LogP contribution in [0.15, 0.2) is 88.3 Å². The molecule has 0 aliphatic heterocycles. The van der Waals surface area contributed by atoms with Crippen molar-refractivity contribution in [1.82, 2.24) is 0 Å². The van der Waals surface area contributed by atoms with Crippen LogP contribution in [-0.4, -0.2) is 30.4 Å². The zero-order valence-electron chi connectivity index (χ0n) is 20.2. The molecule has 2 N–H and O–H groups in total. The molecule has 4 aromatic carbocycles. The van der Waals surface area contributed by atoms with E-state index in [-0.39, 0.29) is 34.3 Å². The van der Waals surface area contributed by atoms with Crippen molar-refractivity contribution in [2.75, 3.05) is 14.2 Å². The molecule has 0 aliphatic rings. The number of esters is 1. The number of hydrogen-bond donors (Lipinski definition) is 2. The molecule has 0 radical (unpaired) electrons. The first-order chi connectivity index (χ1) is 17.9. The van der Waals surface area contributed by atoms with Crippen molar-refractivity contribution in [3.05, 3.63) is 100 Å². The molecular weight excluding hydrogens is 472 g/mol. The first kappa shape index (κ1) is 23.9. The van der Waals surface area contributed by atoms with E-state index < -0.39 is 11.9 Å². The number of hydrogen-bond acceptors (Lipinski definition) is 7. The monoisotopic (exact) mass is 496 g/mol. The van der Waals surface area contributed by atoms with Crippen LogP contribution >= 0.6 is 0 Å². The van der Waals surface area contributed by atoms with Crippen LogP contribution in [0.3, 0.4) is 0 Å². The Hall–Kier alpha value is -4.78. The summed E-state index contributed by atoms with van der Waals surface area (Å²) in [5, 5.41) is 22.6. The third kappa shape index (κ3) is 4.25. The zero-order chi connectivity index (χ0) is 26.1. The normalized spacial score (nSPS) is 11.9. The van der Waals surface area contributed by atoms with Gasteiger partial charge in [-0.15, -0.1) is 0 Å². The second-order valence-corrected chi connectivity index (χ2v) is 8.64. The van der Waals surface area contributed by atoms with Gasteiger partial charge in [0.2, 0.25) is 5.43 Å². The summed E-state index contributed by atoms with van der Waals surface area (Å²) < 4.78 is 16.5. The van der Waals surface area contributed by atoms with Gasteiger partial charge in [-0.05, 0) is 46.8 Å². The van der Waals surface area contributed by atoms with Gasteiger partial charge in [0.1, 0.15) is 29.1 Å². The molecule has 0 saturated heterocycles. The Labute approximate surface area is 212 Å². The van der Waals surface area contributed by atoms with Crippen molar-refractivity contribution >= 4 is 27.7 Å². The Bertz CT molecular complexity index is 1680. The van der Waals surface area contributed by atoms with E-state index >= 15 is 0 Å². The maximum Gasteiger partial charge on any atom is 0.306 e. The summed E-state index contributed by atoms with van der Waals surface area (Å²) in [6, 6.07) is 20.4. The van der Waals surface area contributed by atoms with Gasteiger partial charge in [0, 0.05) is 16.9 Å². The Morgan fingerprint density at radius 2 is 1.62 bits per heavy atom. The summed E-state index contributed by atoms with van der Waals surface area (Å²) in [7, 11) is 2.89. The standard InChI is InChI=1S/C30H24O7/c1-35-26-14-12-20(19-5-3-4-6-21(19)26)23(15-27(33)36-2)28-25(32)13-11-22-29(34)24(16-37-30(22)28)17-7-9-18(31)10-8-17/h3-14,16,23,31-32H,15H2,1-2H3/t23-/m1/s1. The van der Waals surface area contributed by atoms with Crippen molar-refractivity contribution in [2.24, 2.45) is 0 Å². The largest absolute Gasteiger partial charge is 0.508 e. The van der Waals surface area contributed by atoms with Gasteiger partial charge < -0.3 is 24.1 Å². The fraction of sp³-hybridized carbons (Fsp3) is 0.133. The number of phenolic OH excluding ortho intramolecular Hbond substituents is 2. The highest BCUT2D eigenvalue weighted by molar-refractivity contribution is 5.94. The quantitative estimate of drug-likeness (QED) is 0.289. The molecule has 0 aliphatic carbocycles. The maximum absolute atomic E-state index is 13.5. The summed E-state index contributed by atoms with van der Waals surface area (Å²) in [6.45, 7) is 0. The van der Waals surface area contributed by atoms with Gasteiger partial charge in [-0.1, -0.05) is 42.5 Å². The minimum atomic E-state index is -0.686. The van der Waals surface area contributed by atoms with Gasteiger partial charge >= 0.3 is 5.97 Å².